The van der Waals surface area contributed by atoms with Crippen molar-refractivity contribution in [1.82, 2.24) is 0 Å². The summed E-state index contributed by atoms with van der Waals surface area (Å²) in [7, 11) is -3.12. The van der Waals surface area contributed by atoms with E-state index >= 15 is 0 Å². The Morgan fingerprint density at radius 1 is 1.17 bits per heavy atom. The lowest BCUT2D eigenvalue weighted by Crippen LogP contribution is -2.15. The van der Waals surface area contributed by atoms with Gasteiger partial charge in [0.25, 0.3) is 0 Å². The van der Waals surface area contributed by atoms with Crippen molar-refractivity contribution in [2.45, 2.75) is 19.8 Å². The van der Waals surface area contributed by atoms with Gasteiger partial charge in [0.15, 0.2) is 0 Å². The summed E-state index contributed by atoms with van der Waals surface area (Å²) in [6.45, 7) is 2.96. The molecule has 0 radical (unpaired) electrons. The lowest BCUT2D eigenvalue weighted by Gasteiger charge is -2.21. The van der Waals surface area contributed by atoms with Crippen LogP contribution in [0.25, 0.3) is 0 Å². The molecule has 0 spiro atoms. The molecule has 3 unspecified atom stereocenters. The van der Waals surface area contributed by atoms with Gasteiger partial charge in [-0.25, -0.2) is 0 Å². The minimum atomic E-state index is -3.21. The molecule has 23 heavy (non-hydrogen) atoms. The van der Waals surface area contributed by atoms with Gasteiger partial charge >= 0.3 is 0 Å². The summed E-state index contributed by atoms with van der Waals surface area (Å²) in [6, 6.07) is 0. The second-order valence-electron chi connectivity index (χ2n) is 5.00. The number of aliphatic hydroxyl groups is 1. The highest BCUT2D eigenvalue weighted by molar-refractivity contribution is 8.76. The van der Waals surface area contributed by atoms with E-state index in [2.05, 4.69) is 12.6 Å². The zero-order valence-electron chi connectivity index (χ0n) is 13.4. The van der Waals surface area contributed by atoms with Gasteiger partial charge in [0.2, 0.25) is 7.57 Å². The van der Waals surface area contributed by atoms with Crippen molar-refractivity contribution in [2.24, 2.45) is 5.92 Å². The first-order chi connectivity index (χ1) is 10.6. The normalized spacial score (nSPS) is 18.1. The molecule has 0 aromatic carbocycles. The Bertz CT molecular complexity index is 441. The molecule has 3 atom stereocenters. The van der Waals surface area contributed by atoms with Gasteiger partial charge in [-0.15, -0.1) is 0 Å². The van der Waals surface area contributed by atoms with Crippen molar-refractivity contribution < 1.29 is 33.3 Å². The second kappa shape index (κ2) is 12.1. The first-order valence-corrected chi connectivity index (χ1v) is 13.3. The van der Waals surface area contributed by atoms with E-state index in [1.807, 2.05) is 0 Å². The zero-order chi connectivity index (χ0) is 17.9. The molecule has 0 aromatic rings. The van der Waals surface area contributed by atoms with Gasteiger partial charge < -0.3 is 33.3 Å². The Hall–Kier alpha value is 0.730. The summed E-state index contributed by atoms with van der Waals surface area (Å²) < 4.78 is 15.5. The molecule has 7 nitrogen and oxygen atoms in total. The summed E-state index contributed by atoms with van der Waals surface area (Å²) in [4.78, 5) is 30.2. The highest BCUT2D eigenvalue weighted by atomic mass is 33.1. The largest absolute Gasteiger partial charge is 0.396 e. The molecule has 0 saturated carbocycles. The van der Waals surface area contributed by atoms with Crippen molar-refractivity contribution in [1.29, 1.82) is 0 Å². The monoisotopic (exact) mass is 408 g/mol. The van der Waals surface area contributed by atoms with Crippen LogP contribution >= 0.6 is 36.5 Å². The molecule has 11 heteroatoms. The fourth-order valence-electron chi connectivity index (χ4n) is 1.20. The van der Waals surface area contributed by atoms with Crippen molar-refractivity contribution in [3.05, 3.63) is 0 Å². The summed E-state index contributed by atoms with van der Waals surface area (Å²) in [5.74, 6) is 0.190. The van der Waals surface area contributed by atoms with Crippen LogP contribution in [0.1, 0.15) is 19.8 Å². The molecule has 0 aliphatic rings. The molecule has 0 heterocycles. The number of rotatable bonds is 14. The number of carbonyl (C=O) groups is 1. The van der Waals surface area contributed by atoms with Crippen molar-refractivity contribution in [3.8, 4) is 0 Å². The highest BCUT2D eigenvalue weighted by Crippen LogP contribution is 2.45. The average Bonchev–Trinajstić information content (AvgIpc) is 2.41. The van der Waals surface area contributed by atoms with E-state index in [-0.39, 0.29) is 36.8 Å². The number of hydrogen-bond acceptors (Lipinski definition) is 9. The molecule has 0 fully saturated rings. The molecular formula is C12H26O7P2S2. The van der Waals surface area contributed by atoms with E-state index in [9.17, 15) is 19.7 Å². The Balaban J connectivity index is 3.88. The van der Waals surface area contributed by atoms with Gasteiger partial charge in [-0.3, -0.25) is 0 Å². The molecule has 0 aliphatic carbocycles. The van der Waals surface area contributed by atoms with E-state index in [0.29, 0.717) is 12.8 Å². The van der Waals surface area contributed by atoms with Crippen LogP contribution in [0.3, 0.4) is 0 Å². The van der Waals surface area contributed by atoms with Gasteiger partial charge in [-0.05, 0) is 19.6 Å². The summed E-state index contributed by atoms with van der Waals surface area (Å²) in [6.07, 6.45) is 7.83. The summed E-state index contributed by atoms with van der Waals surface area (Å²) >= 11 is 0. The van der Waals surface area contributed by atoms with Crippen LogP contribution in [0.4, 0.5) is 0 Å². The van der Waals surface area contributed by atoms with Crippen LogP contribution in [-0.2, 0) is 18.4 Å². The van der Waals surface area contributed by atoms with Gasteiger partial charge in [-0.1, -0.05) is 27.9 Å². The molecule has 138 valence electrons. The van der Waals surface area contributed by atoms with Crippen LogP contribution in [0.5, 0.6) is 0 Å². The molecule has 0 aliphatic heterocycles. The predicted molar refractivity (Wildman–Crippen MR) is 102 cm³/mol. The molecule has 0 aromatic heterocycles. The van der Waals surface area contributed by atoms with Crippen LogP contribution in [0, 0.1) is 5.92 Å². The third kappa shape index (κ3) is 16.0. The maximum Gasteiger partial charge on any atom is 0.248 e. The number of hydrogen-bond donors (Lipinski definition) is 3. The van der Waals surface area contributed by atoms with E-state index in [0.717, 1.165) is 0 Å². The third-order valence-corrected chi connectivity index (χ3v) is 6.23. The summed E-state index contributed by atoms with van der Waals surface area (Å²) in [5.41, 5.74) is 0. The van der Waals surface area contributed by atoms with Crippen LogP contribution in [0.2, 0.25) is 0 Å². The van der Waals surface area contributed by atoms with Gasteiger partial charge in [-0.2, -0.15) is 0 Å². The Morgan fingerprint density at radius 2 is 1.74 bits per heavy atom. The number of carbonyl (C=O) groups excluding carboxylic acids is 1. The molecule has 0 amide bonds. The van der Waals surface area contributed by atoms with E-state index in [4.69, 9.17) is 13.6 Å². The number of Topliss-reactive ketones (excluding diaryl/α,β-unsaturated/α-hetero) is 1. The van der Waals surface area contributed by atoms with Crippen LogP contribution < -0.4 is 0 Å². The maximum absolute atomic E-state index is 10.9. The second-order valence-corrected chi connectivity index (χ2v) is 11.5. The lowest BCUT2D eigenvalue weighted by molar-refractivity contribution is -0.117. The Kier molecular flexibility index (Phi) is 12.5. The van der Waals surface area contributed by atoms with Crippen molar-refractivity contribution >= 4 is 54.9 Å². The standard InChI is InChI=1S/C12H26O7P2S2/c1-11(14)5-6-12(7-13)8-17-21(4,16)19-10-23-22-9-18-20(2,3)15/h12-13,15-16H,2,4-10H2,1,3H3. The molecule has 0 rings (SSSR count). The number of aliphatic hydroxyl groups excluding tert-OH is 1. The van der Waals surface area contributed by atoms with Gasteiger partial charge in [0.1, 0.15) is 25.0 Å². The molecular weight excluding hydrogens is 382 g/mol. The first kappa shape index (κ1) is 23.7. The maximum atomic E-state index is 10.9. The van der Waals surface area contributed by atoms with Crippen molar-refractivity contribution in [2.75, 3.05) is 31.8 Å². The topological polar surface area (TPSA) is 105 Å². The molecule has 3 N–H and O–H groups in total. The summed E-state index contributed by atoms with van der Waals surface area (Å²) in [5, 5.41) is 9.21. The van der Waals surface area contributed by atoms with E-state index in [1.165, 1.54) is 35.2 Å². The first-order valence-electron chi connectivity index (χ1n) is 6.74. The third-order valence-electron chi connectivity index (χ3n) is 2.44. The minimum absolute atomic E-state index is 0.0405. The molecule has 0 saturated heterocycles. The van der Waals surface area contributed by atoms with E-state index in [1.54, 1.807) is 0 Å². The SMILES string of the molecule is C=P(C)(O)OCSSCOP(=C)(O)OCC(CO)CCC(C)=O. The highest BCUT2D eigenvalue weighted by Gasteiger charge is 2.16. The zero-order valence-corrected chi connectivity index (χ0v) is 16.8. The minimum Gasteiger partial charge on any atom is -0.396 e. The van der Waals surface area contributed by atoms with E-state index < -0.39 is 14.9 Å². The van der Waals surface area contributed by atoms with Gasteiger partial charge in [0.05, 0.1) is 6.61 Å². The smallest absolute Gasteiger partial charge is 0.248 e. The fraction of sp³-hybridized carbons (Fsp3) is 0.750. The lowest BCUT2D eigenvalue weighted by atomic mass is 10.0. The van der Waals surface area contributed by atoms with Crippen molar-refractivity contribution in [3.63, 3.8) is 0 Å². The quantitative estimate of drug-likeness (QED) is 0.173. The number of ketones is 1. The fourth-order valence-corrected chi connectivity index (χ4v) is 4.95. The van der Waals surface area contributed by atoms with Crippen LogP contribution in [0.15, 0.2) is 0 Å². The van der Waals surface area contributed by atoms with Crippen LogP contribution in [-0.4, -0.2) is 65.0 Å². The predicted octanol–water partition coefficient (Wildman–Crippen LogP) is 2.40. The Labute approximate surface area is 145 Å². The molecule has 0 bridgehead atoms. The Morgan fingerprint density at radius 3 is 2.22 bits per heavy atom. The average molecular weight is 408 g/mol. The van der Waals surface area contributed by atoms with Gasteiger partial charge in [0, 0.05) is 25.6 Å².